The second-order valence-corrected chi connectivity index (χ2v) is 4.49. The highest BCUT2D eigenvalue weighted by atomic mass is 32.2. The molecule has 0 radical (unpaired) electrons. The van der Waals surface area contributed by atoms with Crippen LogP contribution in [0.2, 0.25) is 0 Å². The lowest BCUT2D eigenvalue weighted by Crippen LogP contribution is -2.13. The van der Waals surface area contributed by atoms with Gasteiger partial charge in [0.05, 0.1) is 0 Å². The van der Waals surface area contributed by atoms with E-state index in [2.05, 4.69) is 0 Å². The normalized spacial score (nSPS) is 12.3. The van der Waals surface area contributed by atoms with Gasteiger partial charge in [0.1, 0.15) is 5.75 Å². The van der Waals surface area contributed by atoms with Crippen LogP contribution in [-0.4, -0.2) is 26.8 Å². The minimum Gasteiger partial charge on any atom is -0.481 e. The van der Waals surface area contributed by atoms with Crippen molar-refractivity contribution >= 4 is 16.8 Å². The van der Waals surface area contributed by atoms with Crippen LogP contribution in [0.3, 0.4) is 0 Å². The van der Waals surface area contributed by atoms with E-state index in [1.165, 1.54) is 0 Å². The summed E-state index contributed by atoms with van der Waals surface area (Å²) in [7, 11) is -1.25. The van der Waals surface area contributed by atoms with Gasteiger partial charge in [-0.05, 0) is 12.0 Å². The summed E-state index contributed by atoms with van der Waals surface area (Å²) in [5, 5.41) is 8.39. The fourth-order valence-electron chi connectivity index (χ4n) is 1.09. The molecule has 1 aromatic rings. The van der Waals surface area contributed by atoms with Gasteiger partial charge >= 0.3 is 5.97 Å². The molecule has 0 saturated heterocycles. The molecule has 3 nitrogen and oxygen atoms in total. The Morgan fingerprint density at radius 3 is 2.50 bits per heavy atom. The molecule has 0 spiro atoms. The Balaban J connectivity index is 2.34. The number of rotatable bonds is 5. The molecule has 1 atom stereocenters. The van der Waals surface area contributed by atoms with Crippen LogP contribution in [0.1, 0.15) is 5.56 Å². The highest BCUT2D eigenvalue weighted by molar-refractivity contribution is 7.85. The minimum absolute atomic E-state index is 0.257. The Bertz CT molecular complexity index is 321. The molecule has 14 heavy (non-hydrogen) atoms. The summed E-state index contributed by atoms with van der Waals surface area (Å²) in [6.07, 6.45) is 0.667. The van der Waals surface area contributed by atoms with E-state index in [9.17, 15) is 9.00 Å². The molecule has 0 aliphatic heterocycles. The van der Waals surface area contributed by atoms with Crippen LogP contribution in [0.5, 0.6) is 0 Å². The van der Waals surface area contributed by atoms with Gasteiger partial charge in [-0.3, -0.25) is 9.00 Å². The van der Waals surface area contributed by atoms with Crippen LogP contribution in [0, 0.1) is 0 Å². The third-order valence-electron chi connectivity index (χ3n) is 1.75. The van der Waals surface area contributed by atoms with Crippen molar-refractivity contribution in [2.24, 2.45) is 0 Å². The van der Waals surface area contributed by atoms with Crippen molar-refractivity contribution in [2.45, 2.75) is 6.42 Å². The number of carbonyl (C=O) groups is 1. The highest BCUT2D eigenvalue weighted by Crippen LogP contribution is 2.00. The topological polar surface area (TPSA) is 54.4 Å². The highest BCUT2D eigenvalue weighted by Gasteiger charge is 2.05. The van der Waals surface area contributed by atoms with Gasteiger partial charge in [0.25, 0.3) is 0 Å². The largest absolute Gasteiger partial charge is 0.481 e. The summed E-state index contributed by atoms with van der Waals surface area (Å²) >= 11 is 0. The molecule has 0 aromatic heterocycles. The number of carboxylic acid groups (broad SMARTS) is 1. The number of benzene rings is 1. The molecule has 0 bridgehead atoms. The van der Waals surface area contributed by atoms with Crippen molar-refractivity contribution in [2.75, 3.05) is 11.5 Å². The Morgan fingerprint density at radius 2 is 1.93 bits per heavy atom. The molecule has 0 fully saturated rings. The molecular formula is C10H12O3S. The van der Waals surface area contributed by atoms with Crippen LogP contribution in [0.25, 0.3) is 0 Å². The van der Waals surface area contributed by atoms with E-state index in [1.807, 2.05) is 30.3 Å². The summed E-state index contributed by atoms with van der Waals surface area (Å²) in [4.78, 5) is 10.2. The smallest absolute Gasteiger partial charge is 0.316 e. The van der Waals surface area contributed by atoms with Gasteiger partial charge in [-0.15, -0.1) is 0 Å². The molecule has 0 heterocycles. The third kappa shape index (κ3) is 4.18. The summed E-state index contributed by atoms with van der Waals surface area (Å²) < 4.78 is 11.2. The van der Waals surface area contributed by atoms with Gasteiger partial charge in [0.15, 0.2) is 0 Å². The average molecular weight is 212 g/mol. The Kier molecular flexibility index (Phi) is 4.32. The van der Waals surface area contributed by atoms with Gasteiger partial charge in [0.2, 0.25) is 0 Å². The maximum absolute atomic E-state index is 11.2. The number of hydrogen-bond donors (Lipinski definition) is 1. The molecular weight excluding hydrogens is 200 g/mol. The van der Waals surface area contributed by atoms with E-state index < -0.39 is 16.8 Å². The van der Waals surface area contributed by atoms with Gasteiger partial charge in [-0.1, -0.05) is 30.3 Å². The van der Waals surface area contributed by atoms with Crippen LogP contribution in [0.15, 0.2) is 30.3 Å². The van der Waals surface area contributed by atoms with Crippen molar-refractivity contribution < 1.29 is 14.1 Å². The molecule has 0 amide bonds. The first-order chi connectivity index (χ1) is 6.68. The van der Waals surface area contributed by atoms with Crippen molar-refractivity contribution in [3.63, 3.8) is 0 Å². The Morgan fingerprint density at radius 1 is 1.29 bits per heavy atom. The summed E-state index contributed by atoms with van der Waals surface area (Å²) in [5.41, 5.74) is 1.09. The maximum atomic E-state index is 11.2. The van der Waals surface area contributed by atoms with Crippen LogP contribution in [0.4, 0.5) is 0 Å². The number of hydrogen-bond acceptors (Lipinski definition) is 2. The lowest BCUT2D eigenvalue weighted by atomic mass is 10.2. The predicted molar refractivity (Wildman–Crippen MR) is 55.7 cm³/mol. The van der Waals surface area contributed by atoms with Gasteiger partial charge in [-0.25, -0.2) is 0 Å². The van der Waals surface area contributed by atoms with E-state index in [1.54, 1.807) is 0 Å². The summed E-state index contributed by atoms with van der Waals surface area (Å²) in [6, 6.07) is 9.62. The van der Waals surface area contributed by atoms with E-state index in [-0.39, 0.29) is 5.75 Å². The first-order valence-corrected chi connectivity index (χ1v) is 5.78. The third-order valence-corrected chi connectivity index (χ3v) is 2.97. The van der Waals surface area contributed by atoms with Crippen LogP contribution < -0.4 is 0 Å². The van der Waals surface area contributed by atoms with E-state index >= 15 is 0 Å². The zero-order valence-electron chi connectivity index (χ0n) is 7.68. The monoisotopic (exact) mass is 212 g/mol. The molecule has 1 N–H and O–H groups in total. The molecule has 1 aromatic carbocycles. The van der Waals surface area contributed by atoms with Crippen LogP contribution in [-0.2, 0) is 22.0 Å². The second kappa shape index (κ2) is 5.54. The first kappa shape index (κ1) is 10.9. The molecule has 4 heteroatoms. The number of aliphatic carboxylic acids is 1. The maximum Gasteiger partial charge on any atom is 0.316 e. The molecule has 76 valence electrons. The van der Waals surface area contributed by atoms with E-state index in [4.69, 9.17) is 5.11 Å². The SMILES string of the molecule is O=C(O)CS(=O)CCc1ccccc1. The van der Waals surface area contributed by atoms with E-state index in [0.717, 1.165) is 5.56 Å². The fourth-order valence-corrected chi connectivity index (χ4v) is 1.97. The Hall–Kier alpha value is -1.16. The molecule has 1 unspecified atom stereocenters. The minimum atomic E-state index is -1.25. The van der Waals surface area contributed by atoms with Gasteiger partial charge < -0.3 is 5.11 Å². The molecule has 0 aliphatic carbocycles. The lowest BCUT2D eigenvalue weighted by Gasteiger charge is -1.99. The zero-order valence-corrected chi connectivity index (χ0v) is 8.50. The zero-order chi connectivity index (χ0) is 10.4. The van der Waals surface area contributed by atoms with Gasteiger partial charge in [-0.2, -0.15) is 0 Å². The summed E-state index contributed by atoms with van der Waals surface area (Å²) in [6.45, 7) is 0. The fraction of sp³-hybridized carbons (Fsp3) is 0.300. The van der Waals surface area contributed by atoms with Crippen molar-refractivity contribution in [3.05, 3.63) is 35.9 Å². The van der Waals surface area contributed by atoms with Crippen molar-refractivity contribution in [1.29, 1.82) is 0 Å². The summed E-state index contributed by atoms with van der Waals surface area (Å²) in [5.74, 6) is -0.847. The molecule has 0 aliphatic rings. The second-order valence-electron chi connectivity index (χ2n) is 2.92. The van der Waals surface area contributed by atoms with Crippen molar-refractivity contribution in [3.8, 4) is 0 Å². The molecule has 1 rings (SSSR count). The van der Waals surface area contributed by atoms with Crippen LogP contribution >= 0.6 is 0 Å². The standard InChI is InChI=1S/C10H12O3S/c11-10(12)8-14(13)7-6-9-4-2-1-3-5-9/h1-5H,6-8H2,(H,11,12). The van der Waals surface area contributed by atoms with Gasteiger partial charge in [0, 0.05) is 16.6 Å². The predicted octanol–water partition coefficient (Wildman–Crippen LogP) is 1.06. The number of carboxylic acids is 1. The van der Waals surface area contributed by atoms with Crippen molar-refractivity contribution in [1.82, 2.24) is 0 Å². The lowest BCUT2D eigenvalue weighted by molar-refractivity contribution is -0.133. The quantitative estimate of drug-likeness (QED) is 0.794. The average Bonchev–Trinajstić information content (AvgIpc) is 2.15. The first-order valence-electron chi connectivity index (χ1n) is 4.29. The number of aryl methyl sites for hydroxylation is 1. The Labute approximate surface area is 85.2 Å². The molecule has 0 saturated carbocycles. The van der Waals surface area contributed by atoms with E-state index in [0.29, 0.717) is 12.2 Å².